The number of rotatable bonds is 0. The molecule has 6 aromatic heterocycles. The molecule has 81 heavy (non-hydrogen) atoms. The van der Waals surface area contributed by atoms with E-state index in [1.807, 2.05) is 194 Å². The fourth-order valence-corrected chi connectivity index (χ4v) is 10.9. The van der Waals surface area contributed by atoms with Gasteiger partial charge in [0.05, 0.1) is 46.6 Å². The largest absolute Gasteiger partial charge is 3.00 e. The maximum Gasteiger partial charge on any atom is 3.00 e. The van der Waals surface area contributed by atoms with Crippen LogP contribution >= 0.6 is 0 Å². The van der Waals surface area contributed by atoms with Crippen LogP contribution in [0.25, 0.3) is 179 Å². The molecule has 4 aliphatic rings. The maximum absolute atomic E-state index is 4.95. The second kappa shape index (κ2) is 18.5. The zero-order valence-electron chi connectivity index (χ0n) is 42.0. The number of nitrogens with zero attached hydrogens (tertiary/aromatic N) is 16. The van der Waals surface area contributed by atoms with Crippen LogP contribution in [-0.2, 0) is 0 Å². The molecule has 0 saturated heterocycles. The summed E-state index contributed by atoms with van der Waals surface area (Å²) in [5.41, 5.74) is 11.6. The van der Waals surface area contributed by atoms with Gasteiger partial charge in [-0.25, -0.2) is 19.9 Å². The van der Waals surface area contributed by atoms with Crippen molar-refractivity contribution >= 4 is 88.3 Å². The molecular weight excluding hydrogens is 1150 g/mol. The van der Waals surface area contributed by atoms with E-state index in [1.165, 1.54) is 0 Å². The third-order valence-electron chi connectivity index (χ3n) is 14.7. The number of hydrogen-bond acceptors (Lipinski definition) is 12. The minimum absolute atomic E-state index is 0. The Bertz CT molecular complexity index is 4390. The van der Waals surface area contributed by atoms with Crippen molar-refractivity contribution in [2.45, 2.75) is 0 Å². The van der Waals surface area contributed by atoms with Crippen LogP contribution in [0.1, 0.15) is 0 Å². The second-order valence-corrected chi connectivity index (χ2v) is 19.3. The first-order chi connectivity index (χ1) is 39.6. The second-order valence-electron chi connectivity index (χ2n) is 19.3. The zero-order chi connectivity index (χ0) is 52.4. The Morgan fingerprint density at radius 2 is 0.284 bits per heavy atom. The van der Waals surface area contributed by atoms with Crippen molar-refractivity contribution in [2.75, 3.05) is 0 Å². The summed E-state index contributed by atoms with van der Waals surface area (Å²) in [7, 11) is 0. The van der Waals surface area contributed by atoms with E-state index in [1.54, 1.807) is 0 Å². The zero-order valence-corrected chi connectivity index (χ0v) is 44.3. The Morgan fingerprint density at radius 3 is 0.420 bits per heavy atom. The van der Waals surface area contributed by atoms with Gasteiger partial charge in [0, 0.05) is 89.7 Å². The van der Waals surface area contributed by atoms with E-state index in [2.05, 4.69) is 0 Å². The van der Waals surface area contributed by atoms with Gasteiger partial charge in [-0.2, -0.15) is 0 Å². The third kappa shape index (κ3) is 7.58. The van der Waals surface area contributed by atoms with Gasteiger partial charge in [0.15, 0.2) is 0 Å². The molecule has 18 rings (SSSR count). The summed E-state index contributed by atoms with van der Waals surface area (Å²) in [6, 6.07) is 63.7. The van der Waals surface area contributed by atoms with Crippen molar-refractivity contribution < 1.29 is 39.9 Å². The van der Waals surface area contributed by atoms with E-state index < -0.39 is 0 Å². The van der Waals surface area contributed by atoms with E-state index in [0.29, 0.717) is 91.8 Å². The summed E-state index contributed by atoms with van der Waals surface area (Å²) in [4.78, 5) is 78.5. The maximum atomic E-state index is 4.95. The number of fused-ring (bicyclic) bond motifs is 40. The molecule has 377 valence electrons. The van der Waals surface area contributed by atoms with Gasteiger partial charge in [0.2, 0.25) is 0 Å². The van der Waals surface area contributed by atoms with Crippen LogP contribution in [0.4, 0.5) is 0 Å². The molecule has 17 heteroatoms. The van der Waals surface area contributed by atoms with Gasteiger partial charge in [-0.3, -0.25) is 0 Å². The standard InChI is InChI=1S/2C32H16N8.Gd/c2*1-2-10-18-17(9-1)25-33-26(18)38-28-21-13-5-6-14-22(21)30(35-28)40-32-24-16-8-7-15-23(24)31(36-32)39-29-20-12-4-3-11-19(20)27(34-29)37-25;/h2*1-16H;/q2*-2;+3. The average Bonchev–Trinajstić information content (AvgIpc) is 4.53. The van der Waals surface area contributed by atoms with Gasteiger partial charge in [-0.05, 0) is 43.1 Å². The first-order valence-corrected chi connectivity index (χ1v) is 25.8. The summed E-state index contributed by atoms with van der Waals surface area (Å²) < 4.78 is 0. The smallest absolute Gasteiger partial charge is 0.357 e. The van der Waals surface area contributed by atoms with Crippen LogP contribution in [0.2, 0.25) is 0 Å². The minimum atomic E-state index is 0. The van der Waals surface area contributed by atoms with Crippen LogP contribution in [0, 0.1) is 39.9 Å². The Morgan fingerprint density at radius 1 is 0.160 bits per heavy atom. The molecule has 0 saturated carbocycles. The van der Waals surface area contributed by atoms with Gasteiger partial charge in [0.1, 0.15) is 0 Å². The molecule has 0 atom stereocenters. The summed E-state index contributed by atoms with van der Waals surface area (Å²) in [5.74, 6) is 4.42. The molecule has 16 bridgehead atoms. The van der Waals surface area contributed by atoms with Gasteiger partial charge >= 0.3 is 39.9 Å². The Hall–Kier alpha value is -10.2. The molecule has 0 N–H and O–H groups in total. The van der Waals surface area contributed by atoms with Crippen LogP contribution in [0.5, 0.6) is 0 Å². The van der Waals surface area contributed by atoms with Crippen molar-refractivity contribution in [1.29, 1.82) is 0 Å². The molecule has 1 radical (unpaired) electrons. The molecule has 4 aliphatic heterocycles. The topological polar surface area (TPSA) is 211 Å². The molecule has 0 aliphatic carbocycles. The first kappa shape index (κ1) is 46.9. The van der Waals surface area contributed by atoms with E-state index in [0.717, 1.165) is 87.6 Å². The summed E-state index contributed by atoms with van der Waals surface area (Å²) in [6.45, 7) is 0. The third-order valence-corrected chi connectivity index (χ3v) is 14.7. The van der Waals surface area contributed by atoms with Crippen LogP contribution in [-0.4, -0.2) is 59.8 Å². The van der Waals surface area contributed by atoms with Crippen molar-refractivity contribution in [3.05, 3.63) is 194 Å². The quantitative estimate of drug-likeness (QED) is 0.138. The van der Waals surface area contributed by atoms with Gasteiger partial charge < -0.3 is 59.8 Å². The predicted molar refractivity (Wildman–Crippen MR) is 308 cm³/mol. The summed E-state index contributed by atoms with van der Waals surface area (Å²) in [6.07, 6.45) is 0. The Balaban J connectivity index is 0.000000132. The van der Waals surface area contributed by atoms with Crippen LogP contribution < -0.4 is 19.9 Å². The molecule has 0 amide bonds. The Labute approximate surface area is 489 Å². The molecule has 0 fully saturated rings. The molecule has 8 aromatic carbocycles. The number of benzene rings is 8. The molecule has 16 nitrogen and oxygen atoms in total. The fourth-order valence-electron chi connectivity index (χ4n) is 10.9. The number of hydrogen-bond donors (Lipinski definition) is 0. The van der Waals surface area contributed by atoms with Crippen LogP contribution in [0.3, 0.4) is 0 Å². The van der Waals surface area contributed by atoms with Crippen molar-refractivity contribution in [2.24, 2.45) is 0 Å². The van der Waals surface area contributed by atoms with E-state index >= 15 is 0 Å². The monoisotopic (exact) mass is 1180 g/mol. The van der Waals surface area contributed by atoms with Crippen LogP contribution in [0.15, 0.2) is 194 Å². The molecule has 14 aromatic rings. The van der Waals surface area contributed by atoms with Gasteiger partial charge in [0.25, 0.3) is 0 Å². The van der Waals surface area contributed by atoms with E-state index in [9.17, 15) is 0 Å². The van der Waals surface area contributed by atoms with E-state index in [-0.39, 0.29) is 39.9 Å². The van der Waals surface area contributed by atoms with Crippen molar-refractivity contribution in [1.82, 2.24) is 79.7 Å². The molecular formula is C64H32GdN16-. The van der Waals surface area contributed by atoms with Gasteiger partial charge in [-0.1, -0.05) is 194 Å². The average molecular weight is 1180 g/mol. The fraction of sp³-hybridized carbons (Fsp3) is 0. The first-order valence-electron chi connectivity index (χ1n) is 25.8. The normalized spacial score (nSPS) is 11.9. The van der Waals surface area contributed by atoms with E-state index in [4.69, 9.17) is 79.7 Å². The minimum Gasteiger partial charge on any atom is -0.357 e. The van der Waals surface area contributed by atoms with Crippen molar-refractivity contribution in [3.8, 4) is 91.1 Å². The SMILES string of the molecule is [Gd+3].c1ccc2c(c1)-c1nc-2nc2[n-]c(nc3nc(nc4[n-]c(n1)c1ccccc41)-c1ccccc1-3)c1ccccc21.c1ccc2c(c1)-c1nc-2nc2[n-]c(nc3nc(nc4[n-]c(n1)c1ccccc41)-c1ccccc1-3)c1ccccc21. The Kier molecular flexibility index (Phi) is 10.7. The molecule has 10 heterocycles. The van der Waals surface area contributed by atoms with Gasteiger partial charge in [-0.15, -0.1) is 0 Å². The summed E-state index contributed by atoms with van der Waals surface area (Å²) >= 11 is 0. The van der Waals surface area contributed by atoms with Crippen molar-refractivity contribution in [3.63, 3.8) is 0 Å². The molecule has 0 unspecified atom stereocenters. The molecule has 0 spiro atoms. The predicted octanol–water partition coefficient (Wildman–Crippen LogP) is 12.3. The summed E-state index contributed by atoms with van der Waals surface area (Å²) in [5, 5.41) is 7.15. The number of aromatic nitrogens is 16.